The number of nitro groups is 1. The summed E-state index contributed by atoms with van der Waals surface area (Å²) in [4.78, 5) is 21.2. The molecule has 0 saturated carbocycles. The molecule has 1 rings (SSSR count). The van der Waals surface area contributed by atoms with E-state index in [0.717, 1.165) is 0 Å². The van der Waals surface area contributed by atoms with Gasteiger partial charge in [-0.3, -0.25) is 10.1 Å². The average molecular weight is 276 g/mol. The topological polar surface area (TPSA) is 60.2 Å². The quantitative estimate of drug-likeness (QED) is 0.612. The molecule has 0 amide bonds. The smallest absolute Gasteiger partial charge is 0.211 e. The first-order valence-corrected chi connectivity index (χ1v) is 5.72. The highest BCUT2D eigenvalue weighted by Crippen LogP contribution is 2.29. The summed E-state index contributed by atoms with van der Waals surface area (Å²) in [6, 6.07) is 4.75. The second-order valence-corrected chi connectivity index (χ2v) is 4.63. The van der Waals surface area contributed by atoms with Crippen molar-refractivity contribution in [2.75, 3.05) is 6.54 Å². The molecular formula is C11H11Cl2NO3. The van der Waals surface area contributed by atoms with Crippen molar-refractivity contribution in [3.8, 4) is 0 Å². The van der Waals surface area contributed by atoms with Crippen molar-refractivity contribution >= 4 is 29.0 Å². The number of Topliss-reactive ketones (excluding diaryl/α,β-unsaturated/α-hetero) is 1. The number of carbonyl (C=O) groups excluding carboxylic acids is 1. The van der Waals surface area contributed by atoms with E-state index in [9.17, 15) is 14.9 Å². The van der Waals surface area contributed by atoms with Crippen LogP contribution in [0.4, 0.5) is 0 Å². The predicted molar refractivity (Wildman–Crippen MR) is 66.4 cm³/mol. The van der Waals surface area contributed by atoms with Gasteiger partial charge in [0.25, 0.3) is 0 Å². The molecule has 0 aromatic heterocycles. The predicted octanol–water partition coefficient (Wildman–Crippen LogP) is 3.33. The fraction of sp³-hybridized carbons (Fsp3) is 0.364. The van der Waals surface area contributed by atoms with E-state index in [4.69, 9.17) is 23.2 Å². The van der Waals surface area contributed by atoms with Crippen molar-refractivity contribution in [1.29, 1.82) is 0 Å². The molecule has 0 bridgehead atoms. The molecule has 0 aliphatic rings. The molecule has 1 aromatic carbocycles. The molecular weight excluding hydrogens is 265 g/mol. The number of benzene rings is 1. The molecule has 92 valence electrons. The average Bonchev–Trinajstić information content (AvgIpc) is 2.14. The molecule has 0 unspecified atom stereocenters. The third-order valence-corrected chi connectivity index (χ3v) is 2.87. The first-order valence-electron chi connectivity index (χ1n) is 4.96. The molecule has 0 saturated heterocycles. The zero-order chi connectivity index (χ0) is 13.0. The third kappa shape index (κ3) is 4.32. The zero-order valence-corrected chi connectivity index (χ0v) is 10.7. The summed E-state index contributed by atoms with van der Waals surface area (Å²) >= 11 is 11.7. The second kappa shape index (κ2) is 5.98. The van der Waals surface area contributed by atoms with E-state index in [2.05, 4.69) is 0 Å². The number of halogens is 2. The number of hydrogen-bond acceptors (Lipinski definition) is 3. The Hall–Kier alpha value is -1.13. The molecule has 17 heavy (non-hydrogen) atoms. The van der Waals surface area contributed by atoms with Crippen LogP contribution >= 0.6 is 23.2 Å². The lowest BCUT2D eigenvalue weighted by Crippen LogP contribution is -2.15. The van der Waals surface area contributed by atoms with Gasteiger partial charge >= 0.3 is 0 Å². The highest BCUT2D eigenvalue weighted by Gasteiger charge is 2.22. The number of carbonyl (C=O) groups is 1. The van der Waals surface area contributed by atoms with Crippen molar-refractivity contribution in [1.82, 2.24) is 0 Å². The van der Waals surface area contributed by atoms with Gasteiger partial charge in [0.2, 0.25) is 6.54 Å². The summed E-state index contributed by atoms with van der Waals surface area (Å²) in [5.41, 5.74) is 0.586. The van der Waals surface area contributed by atoms with Crippen LogP contribution < -0.4 is 0 Å². The lowest BCUT2D eigenvalue weighted by molar-refractivity contribution is -0.483. The summed E-state index contributed by atoms with van der Waals surface area (Å²) in [5, 5.41) is 11.4. The minimum Gasteiger partial charge on any atom is -0.300 e. The van der Waals surface area contributed by atoms with E-state index < -0.39 is 10.8 Å². The maximum Gasteiger partial charge on any atom is 0.211 e. The molecule has 6 heteroatoms. The van der Waals surface area contributed by atoms with E-state index in [-0.39, 0.29) is 18.7 Å². The Labute approximate surface area is 109 Å². The van der Waals surface area contributed by atoms with Crippen molar-refractivity contribution in [3.63, 3.8) is 0 Å². The van der Waals surface area contributed by atoms with Crippen LogP contribution in [0.1, 0.15) is 24.8 Å². The van der Waals surface area contributed by atoms with Crippen LogP contribution in [-0.2, 0) is 4.79 Å². The summed E-state index contributed by atoms with van der Waals surface area (Å²) in [6.07, 6.45) is 0.0995. The Bertz CT molecular complexity index is 432. The van der Waals surface area contributed by atoms with E-state index in [1.54, 1.807) is 12.1 Å². The van der Waals surface area contributed by atoms with Gasteiger partial charge in [-0.2, -0.15) is 0 Å². The fourth-order valence-electron chi connectivity index (χ4n) is 1.63. The SMILES string of the molecule is CC(=O)C[C@@H](C[N+](=O)[O-])c1ccc(Cl)cc1Cl. The first-order chi connectivity index (χ1) is 7.90. The fourth-order valence-corrected chi connectivity index (χ4v) is 2.20. The van der Waals surface area contributed by atoms with Crippen LogP contribution in [0.5, 0.6) is 0 Å². The van der Waals surface area contributed by atoms with Crippen LogP contribution in [0, 0.1) is 10.1 Å². The molecule has 1 aromatic rings. The van der Waals surface area contributed by atoms with Gasteiger partial charge in [0.15, 0.2) is 0 Å². The Balaban J connectivity index is 3.02. The van der Waals surface area contributed by atoms with Gasteiger partial charge in [0, 0.05) is 21.4 Å². The summed E-state index contributed by atoms with van der Waals surface area (Å²) in [7, 11) is 0. The monoisotopic (exact) mass is 275 g/mol. The lowest BCUT2D eigenvalue weighted by atomic mass is 9.94. The normalized spacial score (nSPS) is 12.2. The van der Waals surface area contributed by atoms with Gasteiger partial charge in [-0.15, -0.1) is 0 Å². The molecule has 0 N–H and O–H groups in total. The highest BCUT2D eigenvalue weighted by atomic mass is 35.5. The van der Waals surface area contributed by atoms with Crippen LogP contribution in [-0.4, -0.2) is 17.3 Å². The van der Waals surface area contributed by atoms with E-state index >= 15 is 0 Å². The molecule has 0 heterocycles. The Morgan fingerprint density at radius 2 is 2.12 bits per heavy atom. The maximum absolute atomic E-state index is 11.1. The van der Waals surface area contributed by atoms with Gasteiger partial charge < -0.3 is 4.79 Å². The second-order valence-electron chi connectivity index (χ2n) is 3.78. The maximum atomic E-state index is 11.1. The number of hydrogen-bond donors (Lipinski definition) is 0. The number of rotatable bonds is 5. The van der Waals surface area contributed by atoms with Crippen LogP contribution in [0.25, 0.3) is 0 Å². The van der Waals surface area contributed by atoms with E-state index in [0.29, 0.717) is 15.6 Å². The van der Waals surface area contributed by atoms with Gasteiger partial charge in [-0.05, 0) is 24.6 Å². The minimum atomic E-state index is -0.507. The van der Waals surface area contributed by atoms with Gasteiger partial charge in [0.1, 0.15) is 5.78 Å². The Morgan fingerprint density at radius 1 is 1.47 bits per heavy atom. The molecule has 0 radical (unpaired) electrons. The van der Waals surface area contributed by atoms with Crippen LogP contribution in [0.2, 0.25) is 10.0 Å². The minimum absolute atomic E-state index is 0.0995. The van der Waals surface area contributed by atoms with Gasteiger partial charge in [-0.25, -0.2) is 0 Å². The molecule has 0 aliphatic heterocycles. The lowest BCUT2D eigenvalue weighted by Gasteiger charge is -2.13. The largest absolute Gasteiger partial charge is 0.300 e. The zero-order valence-electron chi connectivity index (χ0n) is 9.15. The van der Waals surface area contributed by atoms with Gasteiger partial charge in [-0.1, -0.05) is 29.3 Å². The number of nitrogens with zero attached hydrogens (tertiary/aromatic N) is 1. The van der Waals surface area contributed by atoms with E-state index in [1.807, 2.05) is 0 Å². The first kappa shape index (κ1) is 13.9. The van der Waals surface area contributed by atoms with Gasteiger partial charge in [0.05, 0.1) is 5.92 Å². The third-order valence-electron chi connectivity index (χ3n) is 2.31. The van der Waals surface area contributed by atoms with Crippen molar-refractivity contribution in [3.05, 3.63) is 43.9 Å². The van der Waals surface area contributed by atoms with Crippen molar-refractivity contribution in [2.24, 2.45) is 0 Å². The number of ketones is 1. The van der Waals surface area contributed by atoms with Crippen molar-refractivity contribution in [2.45, 2.75) is 19.3 Å². The molecule has 1 atom stereocenters. The van der Waals surface area contributed by atoms with E-state index in [1.165, 1.54) is 13.0 Å². The summed E-state index contributed by atoms with van der Waals surface area (Å²) in [5.74, 6) is -0.616. The Kier molecular flexibility index (Phi) is 4.90. The molecule has 0 fully saturated rings. The standard InChI is InChI=1S/C11H11Cl2NO3/c1-7(15)4-8(6-14(16)17)10-3-2-9(12)5-11(10)13/h2-3,5,8H,4,6H2,1H3/t8-/m0/s1. The van der Waals surface area contributed by atoms with Crippen LogP contribution in [0.15, 0.2) is 18.2 Å². The summed E-state index contributed by atoms with van der Waals surface area (Å²) in [6.45, 7) is 1.08. The molecule has 0 aliphatic carbocycles. The molecule has 4 nitrogen and oxygen atoms in total. The van der Waals surface area contributed by atoms with Crippen molar-refractivity contribution < 1.29 is 9.72 Å². The molecule has 0 spiro atoms. The highest BCUT2D eigenvalue weighted by molar-refractivity contribution is 6.35. The van der Waals surface area contributed by atoms with Crippen LogP contribution in [0.3, 0.4) is 0 Å². The Morgan fingerprint density at radius 3 is 2.59 bits per heavy atom. The summed E-state index contributed by atoms with van der Waals surface area (Å²) < 4.78 is 0.